The molecule has 206 valence electrons. The first kappa shape index (κ1) is 26.2. The predicted octanol–water partition coefficient (Wildman–Crippen LogP) is 3.64. The molecular weight excluding hydrogens is 502 g/mol. The molecule has 2 amide bonds. The number of nitrogens with zero attached hydrogens (tertiary/aromatic N) is 3. The number of rotatable bonds is 8. The summed E-state index contributed by atoms with van der Waals surface area (Å²) in [6.07, 6.45) is 5.83. The van der Waals surface area contributed by atoms with Gasteiger partial charge >= 0.3 is 0 Å². The molecule has 3 aromatic rings. The van der Waals surface area contributed by atoms with Crippen molar-refractivity contribution >= 4 is 11.8 Å². The molecule has 40 heavy (non-hydrogen) atoms. The number of carbonyl (C=O) groups excluding carboxylic acids is 2. The molecule has 8 nitrogen and oxygen atoms in total. The number of likely N-dealkylation sites (tertiary alicyclic amines) is 1. The third-order valence-corrected chi connectivity index (χ3v) is 8.08. The number of amides is 2. The molecular formula is C32H35N5O3. The van der Waals surface area contributed by atoms with Crippen LogP contribution in [0.15, 0.2) is 85.3 Å². The summed E-state index contributed by atoms with van der Waals surface area (Å²) in [7, 11) is 0. The van der Waals surface area contributed by atoms with E-state index in [0.717, 1.165) is 49.5 Å². The van der Waals surface area contributed by atoms with Crippen molar-refractivity contribution in [1.29, 1.82) is 0 Å². The Balaban J connectivity index is 1.17. The van der Waals surface area contributed by atoms with Gasteiger partial charge in [-0.3, -0.25) is 19.5 Å². The van der Waals surface area contributed by atoms with Crippen LogP contribution < -0.4 is 15.4 Å². The number of aromatic nitrogens is 1. The molecule has 3 atom stereocenters. The maximum Gasteiger partial charge on any atom is 0.255 e. The van der Waals surface area contributed by atoms with Crippen molar-refractivity contribution in [2.75, 3.05) is 13.1 Å². The predicted molar refractivity (Wildman–Crippen MR) is 152 cm³/mol. The number of pyridine rings is 1. The lowest BCUT2D eigenvalue weighted by molar-refractivity contribution is -0.126. The van der Waals surface area contributed by atoms with Crippen molar-refractivity contribution in [1.82, 2.24) is 25.4 Å². The lowest BCUT2D eigenvalue weighted by Crippen LogP contribution is -2.54. The molecule has 0 spiro atoms. The van der Waals surface area contributed by atoms with E-state index < -0.39 is 6.04 Å². The lowest BCUT2D eigenvalue weighted by atomic mass is 10.00. The summed E-state index contributed by atoms with van der Waals surface area (Å²) < 4.78 is 6.66. The molecule has 3 aliphatic heterocycles. The molecule has 3 unspecified atom stereocenters. The van der Waals surface area contributed by atoms with E-state index in [1.807, 2.05) is 36.5 Å². The highest BCUT2D eigenvalue weighted by Crippen LogP contribution is 2.32. The number of carbonyl (C=O) groups is 2. The monoisotopic (exact) mass is 537 g/mol. The fourth-order valence-corrected chi connectivity index (χ4v) is 5.95. The van der Waals surface area contributed by atoms with Gasteiger partial charge in [0.2, 0.25) is 5.91 Å². The Hall–Kier alpha value is -4.01. The van der Waals surface area contributed by atoms with Crippen molar-refractivity contribution in [3.63, 3.8) is 0 Å². The van der Waals surface area contributed by atoms with Crippen molar-refractivity contribution < 1.29 is 14.3 Å². The van der Waals surface area contributed by atoms with Crippen LogP contribution in [0.25, 0.3) is 0 Å². The minimum Gasteiger partial charge on any atom is -0.487 e. The molecule has 2 N–H and O–H groups in total. The second-order valence-electron chi connectivity index (χ2n) is 10.9. The molecule has 0 aliphatic carbocycles. The van der Waals surface area contributed by atoms with Crippen LogP contribution in [-0.4, -0.2) is 57.9 Å². The molecule has 8 heteroatoms. The molecule has 2 aromatic carbocycles. The first-order chi connectivity index (χ1) is 19.5. The summed E-state index contributed by atoms with van der Waals surface area (Å²) in [4.78, 5) is 34.1. The second kappa shape index (κ2) is 11.6. The van der Waals surface area contributed by atoms with Gasteiger partial charge in [-0.25, -0.2) is 0 Å². The summed E-state index contributed by atoms with van der Waals surface area (Å²) in [6, 6.07) is 19.9. The van der Waals surface area contributed by atoms with Gasteiger partial charge in [0.1, 0.15) is 17.9 Å². The number of nitrogens with one attached hydrogen (secondary N) is 2. The minimum absolute atomic E-state index is 0.0736. The van der Waals surface area contributed by atoms with Crippen molar-refractivity contribution in [3.05, 3.63) is 108 Å². The SMILES string of the molecule is C=C1CCC(N2Cc3cc(OC4CN(Cc5ccccc5)CCC4NCc4cccnc4)ccc3C2=O)C(=O)N1. The van der Waals surface area contributed by atoms with Gasteiger partial charge in [-0.05, 0) is 60.2 Å². The Labute approximate surface area is 235 Å². The van der Waals surface area contributed by atoms with Crippen LogP contribution >= 0.6 is 0 Å². The summed E-state index contributed by atoms with van der Waals surface area (Å²) in [5.74, 6) is 0.490. The number of allylic oxidation sites excluding steroid dienone is 1. The summed E-state index contributed by atoms with van der Waals surface area (Å²) >= 11 is 0. The van der Waals surface area contributed by atoms with Gasteiger partial charge in [0.05, 0.1) is 0 Å². The zero-order valence-corrected chi connectivity index (χ0v) is 22.6. The van der Waals surface area contributed by atoms with Crippen LogP contribution in [0.5, 0.6) is 5.75 Å². The number of hydrogen-bond donors (Lipinski definition) is 2. The highest BCUT2D eigenvalue weighted by molar-refractivity contribution is 6.01. The Morgan fingerprint density at radius 3 is 2.70 bits per heavy atom. The highest BCUT2D eigenvalue weighted by atomic mass is 16.5. The highest BCUT2D eigenvalue weighted by Gasteiger charge is 2.38. The van der Waals surface area contributed by atoms with E-state index in [9.17, 15) is 9.59 Å². The number of hydrogen-bond acceptors (Lipinski definition) is 6. The van der Waals surface area contributed by atoms with Crippen molar-refractivity contribution in [2.24, 2.45) is 0 Å². The zero-order chi connectivity index (χ0) is 27.5. The molecule has 0 saturated carbocycles. The van der Waals surface area contributed by atoms with E-state index in [0.29, 0.717) is 30.6 Å². The third-order valence-electron chi connectivity index (χ3n) is 8.08. The zero-order valence-electron chi connectivity index (χ0n) is 22.6. The number of ether oxygens (including phenoxy) is 1. The van der Waals surface area contributed by atoms with Gasteiger partial charge in [0, 0.05) is 62.4 Å². The van der Waals surface area contributed by atoms with Crippen LogP contribution in [0.2, 0.25) is 0 Å². The van der Waals surface area contributed by atoms with Gasteiger partial charge in [0.25, 0.3) is 5.91 Å². The standard InChI is InChI=1S/C32H35N5O3/c1-22-9-12-29(31(38)35-22)37-20-25-16-26(10-11-27(25)32(37)39)40-30-21-36(19-23-6-3-2-4-7-23)15-13-28(30)34-18-24-8-5-14-33-17-24/h2-8,10-11,14,16-17,28-30,34H,1,9,12-13,15,18-21H2,(H,35,38). The molecule has 6 rings (SSSR count). The first-order valence-corrected chi connectivity index (χ1v) is 14.0. The number of fused-ring (bicyclic) bond motifs is 1. The van der Waals surface area contributed by atoms with Crippen LogP contribution in [-0.2, 0) is 24.4 Å². The molecule has 1 aromatic heterocycles. The van der Waals surface area contributed by atoms with E-state index >= 15 is 0 Å². The van der Waals surface area contributed by atoms with Gasteiger partial charge in [-0.2, -0.15) is 0 Å². The largest absolute Gasteiger partial charge is 0.487 e. The minimum atomic E-state index is -0.472. The van der Waals surface area contributed by atoms with Gasteiger partial charge in [-0.15, -0.1) is 0 Å². The van der Waals surface area contributed by atoms with Crippen molar-refractivity contribution in [3.8, 4) is 5.75 Å². The van der Waals surface area contributed by atoms with E-state index in [-0.39, 0.29) is 24.0 Å². The lowest BCUT2D eigenvalue weighted by Gasteiger charge is -2.39. The van der Waals surface area contributed by atoms with Gasteiger partial charge < -0.3 is 20.3 Å². The van der Waals surface area contributed by atoms with Crippen LogP contribution in [0, 0.1) is 0 Å². The second-order valence-corrected chi connectivity index (χ2v) is 10.9. The third kappa shape index (κ3) is 5.78. The van der Waals surface area contributed by atoms with E-state index in [1.165, 1.54) is 5.56 Å². The Morgan fingerprint density at radius 2 is 1.90 bits per heavy atom. The Morgan fingerprint density at radius 1 is 1.05 bits per heavy atom. The quantitative estimate of drug-likeness (QED) is 0.456. The maximum absolute atomic E-state index is 13.2. The fraction of sp³-hybridized carbons (Fsp3) is 0.344. The summed E-state index contributed by atoms with van der Waals surface area (Å²) in [6.45, 7) is 7.62. The smallest absolute Gasteiger partial charge is 0.255 e. The maximum atomic E-state index is 13.2. The van der Waals surface area contributed by atoms with Crippen LogP contribution in [0.4, 0.5) is 0 Å². The average Bonchev–Trinajstić information content (AvgIpc) is 3.29. The molecule has 4 heterocycles. The fourth-order valence-electron chi connectivity index (χ4n) is 5.95. The average molecular weight is 538 g/mol. The summed E-state index contributed by atoms with van der Waals surface area (Å²) in [5, 5.41) is 6.51. The topological polar surface area (TPSA) is 86.8 Å². The van der Waals surface area contributed by atoms with E-state index in [2.05, 4.69) is 57.4 Å². The van der Waals surface area contributed by atoms with Gasteiger partial charge in [0.15, 0.2) is 0 Å². The normalized spacial score (nSPS) is 23.1. The molecule has 0 radical (unpaired) electrons. The number of piperidine rings is 2. The van der Waals surface area contributed by atoms with Crippen LogP contribution in [0.1, 0.15) is 46.3 Å². The van der Waals surface area contributed by atoms with E-state index in [1.54, 1.807) is 11.1 Å². The molecule has 2 saturated heterocycles. The Bertz CT molecular complexity index is 1380. The molecule has 0 bridgehead atoms. The molecule has 3 aliphatic rings. The molecule has 2 fully saturated rings. The summed E-state index contributed by atoms with van der Waals surface area (Å²) in [5.41, 5.74) is 4.68. The van der Waals surface area contributed by atoms with E-state index in [4.69, 9.17) is 4.74 Å². The Kier molecular flexibility index (Phi) is 7.62. The van der Waals surface area contributed by atoms with Crippen molar-refractivity contribution in [2.45, 2.75) is 57.1 Å². The van der Waals surface area contributed by atoms with Gasteiger partial charge in [-0.1, -0.05) is 43.0 Å². The first-order valence-electron chi connectivity index (χ1n) is 14.0. The number of benzene rings is 2. The van der Waals surface area contributed by atoms with Crippen LogP contribution in [0.3, 0.4) is 0 Å².